The largest absolute Gasteiger partial charge is 0.386 e. The first-order chi connectivity index (χ1) is 9.65. The van der Waals surface area contributed by atoms with Crippen molar-refractivity contribution in [1.82, 2.24) is 14.8 Å². The van der Waals surface area contributed by atoms with E-state index in [0.717, 1.165) is 16.6 Å². The third-order valence-corrected chi connectivity index (χ3v) is 3.54. The summed E-state index contributed by atoms with van der Waals surface area (Å²) in [7, 11) is 1.90. The lowest BCUT2D eigenvalue weighted by atomic mass is 10.1. The zero-order chi connectivity index (χ0) is 14.1. The van der Waals surface area contributed by atoms with Crippen molar-refractivity contribution in [2.45, 2.75) is 12.5 Å². The minimum Gasteiger partial charge on any atom is -0.386 e. The van der Waals surface area contributed by atoms with Crippen molar-refractivity contribution in [2.24, 2.45) is 7.05 Å². The minimum atomic E-state index is -0.689. The molecule has 4 nitrogen and oxygen atoms in total. The number of benzene rings is 1. The number of fused-ring (bicyclic) bond motifs is 1. The lowest BCUT2D eigenvalue weighted by Crippen LogP contribution is -2.05. The number of hydrogen-bond donors (Lipinski definition) is 1. The molecule has 3 aromatic rings. The lowest BCUT2D eigenvalue weighted by molar-refractivity contribution is 0.172. The highest BCUT2D eigenvalue weighted by molar-refractivity contribution is 6.30. The van der Waals surface area contributed by atoms with Gasteiger partial charge in [0.2, 0.25) is 0 Å². The monoisotopic (exact) mass is 287 g/mol. The van der Waals surface area contributed by atoms with Crippen LogP contribution in [-0.2, 0) is 13.5 Å². The molecule has 0 radical (unpaired) electrons. The van der Waals surface area contributed by atoms with E-state index in [2.05, 4.69) is 10.1 Å². The summed E-state index contributed by atoms with van der Waals surface area (Å²) in [6.45, 7) is 0. The Morgan fingerprint density at radius 1 is 1.25 bits per heavy atom. The fraction of sp³-hybridized carbons (Fsp3) is 0.200. The SMILES string of the molecule is Cn1nc(CC(O)c2ccc(Cl)cn2)c2ccccc21. The summed E-state index contributed by atoms with van der Waals surface area (Å²) in [5.41, 5.74) is 2.52. The normalized spacial score (nSPS) is 12.8. The summed E-state index contributed by atoms with van der Waals surface area (Å²) < 4.78 is 1.83. The van der Waals surface area contributed by atoms with Crippen LogP contribution in [0.25, 0.3) is 10.9 Å². The predicted molar refractivity (Wildman–Crippen MR) is 78.6 cm³/mol. The summed E-state index contributed by atoms with van der Waals surface area (Å²) in [6.07, 6.45) is 1.28. The third-order valence-electron chi connectivity index (χ3n) is 3.31. The van der Waals surface area contributed by atoms with Crippen molar-refractivity contribution in [3.05, 3.63) is 59.0 Å². The Kier molecular flexibility index (Phi) is 3.42. The Morgan fingerprint density at radius 2 is 2.05 bits per heavy atom. The van der Waals surface area contributed by atoms with Crippen LogP contribution in [0.3, 0.4) is 0 Å². The Balaban J connectivity index is 1.91. The predicted octanol–water partition coefficient (Wildman–Crippen LogP) is 2.90. The zero-order valence-electron chi connectivity index (χ0n) is 11.0. The van der Waals surface area contributed by atoms with Crippen molar-refractivity contribution in [3.63, 3.8) is 0 Å². The smallest absolute Gasteiger partial charge is 0.102 e. The van der Waals surface area contributed by atoms with Gasteiger partial charge in [-0.15, -0.1) is 0 Å². The van der Waals surface area contributed by atoms with Crippen LogP contribution in [0.15, 0.2) is 42.6 Å². The molecule has 2 heterocycles. The van der Waals surface area contributed by atoms with E-state index in [1.54, 1.807) is 12.1 Å². The molecule has 3 rings (SSSR count). The first-order valence-electron chi connectivity index (χ1n) is 6.35. The van der Waals surface area contributed by atoms with E-state index < -0.39 is 6.10 Å². The van der Waals surface area contributed by atoms with Gasteiger partial charge in [-0.05, 0) is 18.2 Å². The number of aromatic nitrogens is 3. The number of nitrogens with zero attached hydrogens (tertiary/aromatic N) is 3. The van der Waals surface area contributed by atoms with E-state index in [9.17, 15) is 5.11 Å². The number of halogens is 1. The molecule has 20 heavy (non-hydrogen) atoms. The van der Waals surface area contributed by atoms with Gasteiger partial charge in [0, 0.05) is 25.1 Å². The van der Waals surface area contributed by atoms with Crippen LogP contribution in [0, 0.1) is 0 Å². The molecule has 5 heteroatoms. The first kappa shape index (κ1) is 13.1. The molecule has 0 spiro atoms. The van der Waals surface area contributed by atoms with Crippen molar-refractivity contribution in [1.29, 1.82) is 0 Å². The van der Waals surface area contributed by atoms with Crippen LogP contribution in [-0.4, -0.2) is 19.9 Å². The standard InChI is InChI=1S/C15H14ClN3O/c1-19-14-5-3-2-4-11(14)13(18-19)8-15(20)12-7-6-10(16)9-17-12/h2-7,9,15,20H,8H2,1H3. The second kappa shape index (κ2) is 5.23. The Morgan fingerprint density at radius 3 is 2.80 bits per heavy atom. The van der Waals surface area contributed by atoms with Crippen LogP contribution >= 0.6 is 11.6 Å². The molecule has 0 bridgehead atoms. The van der Waals surface area contributed by atoms with Gasteiger partial charge in [-0.3, -0.25) is 9.67 Å². The number of hydrogen-bond acceptors (Lipinski definition) is 3. The molecule has 1 aromatic carbocycles. The molecule has 0 saturated carbocycles. The summed E-state index contributed by atoms with van der Waals surface area (Å²) >= 11 is 5.80. The van der Waals surface area contributed by atoms with Gasteiger partial charge in [-0.1, -0.05) is 29.8 Å². The molecule has 0 aliphatic heterocycles. The number of aryl methyl sites for hydroxylation is 1. The maximum absolute atomic E-state index is 10.3. The van der Waals surface area contributed by atoms with Gasteiger partial charge in [0.1, 0.15) is 6.10 Å². The van der Waals surface area contributed by atoms with Gasteiger partial charge in [-0.2, -0.15) is 5.10 Å². The number of para-hydroxylation sites is 1. The van der Waals surface area contributed by atoms with Gasteiger partial charge < -0.3 is 5.11 Å². The number of rotatable bonds is 3. The second-order valence-electron chi connectivity index (χ2n) is 4.71. The topological polar surface area (TPSA) is 50.9 Å². The molecular weight excluding hydrogens is 274 g/mol. The van der Waals surface area contributed by atoms with Crippen LogP contribution in [0.4, 0.5) is 0 Å². The van der Waals surface area contributed by atoms with Gasteiger partial charge in [0.05, 0.1) is 21.9 Å². The van der Waals surface area contributed by atoms with Gasteiger partial charge in [-0.25, -0.2) is 0 Å². The number of aliphatic hydroxyl groups excluding tert-OH is 1. The lowest BCUT2D eigenvalue weighted by Gasteiger charge is -2.08. The first-order valence-corrected chi connectivity index (χ1v) is 6.73. The molecule has 1 unspecified atom stereocenters. The number of pyridine rings is 1. The van der Waals surface area contributed by atoms with E-state index in [0.29, 0.717) is 17.1 Å². The fourth-order valence-electron chi connectivity index (χ4n) is 2.31. The number of aliphatic hydroxyl groups is 1. The van der Waals surface area contributed by atoms with E-state index >= 15 is 0 Å². The van der Waals surface area contributed by atoms with Gasteiger partial charge in [0.25, 0.3) is 0 Å². The van der Waals surface area contributed by atoms with Crippen LogP contribution < -0.4 is 0 Å². The van der Waals surface area contributed by atoms with E-state index in [-0.39, 0.29) is 0 Å². The molecule has 1 atom stereocenters. The fourth-order valence-corrected chi connectivity index (χ4v) is 2.42. The summed E-state index contributed by atoms with van der Waals surface area (Å²) in [6, 6.07) is 11.4. The zero-order valence-corrected chi connectivity index (χ0v) is 11.7. The van der Waals surface area contributed by atoms with Crippen LogP contribution in [0.2, 0.25) is 5.02 Å². The molecule has 1 N–H and O–H groups in total. The maximum atomic E-state index is 10.3. The van der Waals surface area contributed by atoms with E-state index in [1.807, 2.05) is 36.0 Å². The highest BCUT2D eigenvalue weighted by Crippen LogP contribution is 2.23. The van der Waals surface area contributed by atoms with E-state index in [4.69, 9.17) is 11.6 Å². The minimum absolute atomic E-state index is 0.427. The summed E-state index contributed by atoms with van der Waals surface area (Å²) in [5.74, 6) is 0. The Hall–Kier alpha value is -1.91. The second-order valence-corrected chi connectivity index (χ2v) is 5.15. The molecule has 0 saturated heterocycles. The molecule has 102 valence electrons. The highest BCUT2D eigenvalue weighted by Gasteiger charge is 2.15. The maximum Gasteiger partial charge on any atom is 0.102 e. The van der Waals surface area contributed by atoms with Crippen molar-refractivity contribution in [3.8, 4) is 0 Å². The average molecular weight is 288 g/mol. The molecule has 0 fully saturated rings. The van der Waals surface area contributed by atoms with Crippen LogP contribution in [0.1, 0.15) is 17.5 Å². The quantitative estimate of drug-likeness (QED) is 0.806. The molecule has 0 aliphatic rings. The average Bonchev–Trinajstić information content (AvgIpc) is 2.77. The van der Waals surface area contributed by atoms with Crippen LogP contribution in [0.5, 0.6) is 0 Å². The van der Waals surface area contributed by atoms with Crippen molar-refractivity contribution in [2.75, 3.05) is 0 Å². The molecule has 2 aromatic heterocycles. The Bertz CT molecular complexity index is 736. The van der Waals surface area contributed by atoms with Gasteiger partial charge >= 0.3 is 0 Å². The molecular formula is C15H14ClN3O. The molecule has 0 aliphatic carbocycles. The summed E-state index contributed by atoms with van der Waals surface area (Å²) in [4.78, 5) is 4.14. The molecule has 0 amide bonds. The highest BCUT2D eigenvalue weighted by atomic mass is 35.5. The van der Waals surface area contributed by atoms with Crippen molar-refractivity contribution < 1.29 is 5.11 Å². The summed E-state index contributed by atoms with van der Waals surface area (Å²) in [5, 5.41) is 16.4. The van der Waals surface area contributed by atoms with E-state index in [1.165, 1.54) is 6.20 Å². The third kappa shape index (κ3) is 2.40. The van der Waals surface area contributed by atoms with Crippen molar-refractivity contribution >= 4 is 22.5 Å². The Labute approximate surface area is 121 Å². The van der Waals surface area contributed by atoms with Gasteiger partial charge in [0.15, 0.2) is 0 Å².